The van der Waals surface area contributed by atoms with Crippen molar-refractivity contribution in [2.75, 3.05) is 0 Å². The minimum absolute atomic E-state index is 0.352. The van der Waals surface area contributed by atoms with Gasteiger partial charge in [0.25, 0.3) is 0 Å². The van der Waals surface area contributed by atoms with E-state index in [1.807, 2.05) is 18.2 Å². The van der Waals surface area contributed by atoms with Gasteiger partial charge in [-0.05, 0) is 115 Å². The molecule has 0 amide bonds. The maximum absolute atomic E-state index is 9.73. The Balaban J connectivity index is 0.000000215. The van der Waals surface area contributed by atoms with Crippen LogP contribution in [0.15, 0.2) is 54.6 Å². The van der Waals surface area contributed by atoms with Gasteiger partial charge in [-0.3, -0.25) is 0 Å². The van der Waals surface area contributed by atoms with Gasteiger partial charge in [0.1, 0.15) is 17.2 Å². The number of phenols is 3. The van der Waals surface area contributed by atoms with E-state index in [1.165, 1.54) is 51.4 Å². The van der Waals surface area contributed by atoms with Crippen LogP contribution in [0.3, 0.4) is 0 Å². The number of unbranched alkanes of at least 4 members (excludes halogenated alkanes) is 3. The molecule has 0 aliphatic heterocycles. The molecule has 1 aliphatic carbocycles. The van der Waals surface area contributed by atoms with Gasteiger partial charge < -0.3 is 15.3 Å². The van der Waals surface area contributed by atoms with Crippen LogP contribution in [-0.4, -0.2) is 15.3 Å². The third-order valence-electron chi connectivity index (χ3n) is 7.62. The van der Waals surface area contributed by atoms with E-state index in [0.717, 1.165) is 47.4 Å². The molecule has 3 N–H and O–H groups in total. The molecule has 3 nitrogen and oxygen atoms in total. The third kappa shape index (κ3) is 12.8. The van der Waals surface area contributed by atoms with Crippen LogP contribution in [0.2, 0.25) is 15.1 Å². The van der Waals surface area contributed by atoms with Crippen molar-refractivity contribution in [1.29, 1.82) is 0 Å². The van der Waals surface area contributed by atoms with Crippen molar-refractivity contribution in [1.82, 2.24) is 0 Å². The van der Waals surface area contributed by atoms with Crippen molar-refractivity contribution >= 4 is 34.8 Å². The Kier molecular flexibility index (Phi) is 16.4. The second-order valence-corrected chi connectivity index (χ2v) is 12.3. The Hall–Kier alpha value is -2.07. The molecule has 0 radical (unpaired) electrons. The van der Waals surface area contributed by atoms with Crippen molar-refractivity contribution in [3.63, 3.8) is 0 Å². The molecule has 1 atom stereocenters. The van der Waals surface area contributed by atoms with Gasteiger partial charge in [0.2, 0.25) is 0 Å². The van der Waals surface area contributed by atoms with Crippen LogP contribution in [0, 0.1) is 0 Å². The first kappa shape index (κ1) is 35.1. The smallest absolute Gasteiger partial charge is 0.119 e. The highest BCUT2D eigenvalue weighted by Crippen LogP contribution is 2.38. The molecule has 6 heteroatoms. The van der Waals surface area contributed by atoms with Gasteiger partial charge in [0, 0.05) is 15.1 Å². The Labute approximate surface area is 262 Å². The molecule has 41 heavy (non-hydrogen) atoms. The van der Waals surface area contributed by atoms with Gasteiger partial charge in [0.15, 0.2) is 0 Å². The van der Waals surface area contributed by atoms with Crippen molar-refractivity contribution in [2.45, 2.75) is 110 Å². The number of phenolic OH excluding ortho intramolecular Hbond substituents is 3. The number of rotatable bonds is 9. The van der Waals surface area contributed by atoms with Gasteiger partial charge >= 0.3 is 0 Å². The fourth-order valence-electron chi connectivity index (χ4n) is 5.27. The van der Waals surface area contributed by atoms with Crippen molar-refractivity contribution in [2.24, 2.45) is 0 Å². The predicted octanol–water partition coefficient (Wildman–Crippen LogP) is 12.2. The SMILES string of the molecule is CCCC(C)c1cc(Cl)ccc1O.CCCCCCc1cc(Cl)ccc1O.Oc1ccc(Cl)cc1C1CCCCC1. The zero-order valence-electron chi connectivity index (χ0n) is 24.8. The van der Waals surface area contributed by atoms with Gasteiger partial charge in [-0.15, -0.1) is 0 Å². The Morgan fingerprint density at radius 2 is 1.27 bits per heavy atom. The van der Waals surface area contributed by atoms with Crippen molar-refractivity contribution in [3.05, 3.63) is 86.4 Å². The summed E-state index contributed by atoms with van der Waals surface area (Å²) in [6.07, 6.45) is 14.2. The van der Waals surface area contributed by atoms with E-state index in [2.05, 4.69) is 20.8 Å². The van der Waals surface area contributed by atoms with Gasteiger partial charge in [-0.25, -0.2) is 0 Å². The number of aromatic hydroxyl groups is 3. The highest BCUT2D eigenvalue weighted by Gasteiger charge is 2.18. The van der Waals surface area contributed by atoms with Crippen LogP contribution >= 0.6 is 34.8 Å². The van der Waals surface area contributed by atoms with Crippen LogP contribution in [0.1, 0.15) is 120 Å². The van der Waals surface area contributed by atoms with E-state index in [1.54, 1.807) is 36.4 Å². The average Bonchev–Trinajstić information content (AvgIpc) is 2.97. The Morgan fingerprint density at radius 3 is 1.90 bits per heavy atom. The zero-order valence-corrected chi connectivity index (χ0v) is 27.1. The Morgan fingerprint density at radius 1 is 0.683 bits per heavy atom. The second-order valence-electron chi connectivity index (χ2n) is 11.0. The Bertz CT molecular complexity index is 1180. The minimum atomic E-state index is 0.352. The second kappa shape index (κ2) is 19.2. The predicted molar refractivity (Wildman–Crippen MR) is 176 cm³/mol. The number of halogens is 3. The summed E-state index contributed by atoms with van der Waals surface area (Å²) in [4.78, 5) is 0. The monoisotopic (exact) mass is 620 g/mol. The third-order valence-corrected chi connectivity index (χ3v) is 8.32. The van der Waals surface area contributed by atoms with Crippen LogP contribution in [0.25, 0.3) is 0 Å². The molecule has 3 aromatic carbocycles. The number of benzene rings is 3. The molecule has 1 fully saturated rings. The van der Waals surface area contributed by atoms with E-state index >= 15 is 0 Å². The lowest BCUT2D eigenvalue weighted by Crippen LogP contribution is -2.04. The summed E-state index contributed by atoms with van der Waals surface area (Å²) < 4.78 is 0. The molecule has 0 spiro atoms. The van der Waals surface area contributed by atoms with Crippen molar-refractivity contribution in [3.8, 4) is 17.2 Å². The summed E-state index contributed by atoms with van der Waals surface area (Å²) in [6.45, 7) is 6.43. The molecule has 0 saturated heterocycles. The molecule has 1 unspecified atom stereocenters. The minimum Gasteiger partial charge on any atom is -0.508 e. The number of hydrogen-bond acceptors (Lipinski definition) is 3. The normalized spacial score (nSPS) is 13.9. The van der Waals surface area contributed by atoms with E-state index < -0.39 is 0 Å². The van der Waals surface area contributed by atoms with E-state index in [9.17, 15) is 15.3 Å². The molecule has 226 valence electrons. The average molecular weight is 622 g/mol. The molecule has 0 aromatic heterocycles. The number of hydrogen-bond donors (Lipinski definition) is 3. The molecule has 4 rings (SSSR count). The topological polar surface area (TPSA) is 60.7 Å². The van der Waals surface area contributed by atoms with Crippen LogP contribution in [0.4, 0.5) is 0 Å². The molecular formula is C35H47Cl3O3. The fourth-order valence-corrected chi connectivity index (χ4v) is 5.83. The maximum atomic E-state index is 9.73. The molecule has 1 aliphatic rings. The quantitative estimate of drug-likeness (QED) is 0.208. The van der Waals surface area contributed by atoms with Crippen LogP contribution < -0.4 is 0 Å². The molecule has 1 saturated carbocycles. The first-order valence-corrected chi connectivity index (χ1v) is 16.2. The summed E-state index contributed by atoms with van der Waals surface area (Å²) in [7, 11) is 0. The summed E-state index contributed by atoms with van der Waals surface area (Å²) in [5.41, 5.74) is 2.96. The lowest BCUT2D eigenvalue weighted by Gasteiger charge is -2.22. The zero-order chi connectivity index (χ0) is 30.2. The van der Waals surface area contributed by atoms with E-state index in [0.29, 0.717) is 39.1 Å². The maximum Gasteiger partial charge on any atom is 0.119 e. The fraction of sp³-hybridized carbons (Fsp3) is 0.486. The van der Waals surface area contributed by atoms with Crippen LogP contribution in [-0.2, 0) is 6.42 Å². The largest absolute Gasteiger partial charge is 0.508 e. The summed E-state index contributed by atoms with van der Waals surface area (Å²) >= 11 is 17.6. The van der Waals surface area contributed by atoms with Gasteiger partial charge in [-0.1, -0.05) is 101 Å². The highest BCUT2D eigenvalue weighted by atomic mass is 35.5. The van der Waals surface area contributed by atoms with Crippen LogP contribution in [0.5, 0.6) is 17.2 Å². The number of aryl methyl sites for hydroxylation is 1. The highest BCUT2D eigenvalue weighted by molar-refractivity contribution is 6.31. The molecule has 0 bridgehead atoms. The first-order valence-electron chi connectivity index (χ1n) is 15.1. The standard InChI is InChI=1S/C12H15ClO.C12H17ClO.C11H15ClO/c13-10-6-7-12(14)11(8-10)9-4-2-1-3-5-9;1-2-3-4-5-6-10-9-11(13)7-8-12(10)14;1-3-4-8(2)10-7-9(12)5-6-11(10)13/h6-9,14H,1-5H2;7-9,14H,2-6H2,1H3;5-8,13H,3-4H2,1-2H3. The van der Waals surface area contributed by atoms with Crippen molar-refractivity contribution < 1.29 is 15.3 Å². The lowest BCUT2D eigenvalue weighted by atomic mass is 9.84. The molecular weight excluding hydrogens is 575 g/mol. The summed E-state index contributed by atoms with van der Waals surface area (Å²) in [5.74, 6) is 2.02. The van der Waals surface area contributed by atoms with E-state index in [-0.39, 0.29) is 0 Å². The summed E-state index contributed by atoms with van der Waals surface area (Å²) in [6, 6.07) is 15.8. The molecule has 0 heterocycles. The lowest BCUT2D eigenvalue weighted by molar-refractivity contribution is 0.414. The van der Waals surface area contributed by atoms with E-state index in [4.69, 9.17) is 34.8 Å². The first-order chi connectivity index (χ1) is 19.7. The molecule has 3 aromatic rings. The van der Waals surface area contributed by atoms with Gasteiger partial charge in [-0.2, -0.15) is 0 Å². The van der Waals surface area contributed by atoms with Gasteiger partial charge in [0.05, 0.1) is 0 Å². The summed E-state index contributed by atoms with van der Waals surface area (Å²) in [5, 5.41) is 31.0.